The lowest BCUT2D eigenvalue weighted by atomic mass is 9.94. The number of benzene rings is 9. The maximum absolute atomic E-state index is 6.82. The van der Waals surface area contributed by atoms with Crippen molar-refractivity contribution in [3.8, 4) is 27.9 Å². The Morgan fingerprint density at radius 1 is 0.364 bits per heavy atom. The quantitative estimate of drug-likeness (QED) is 0.172. The summed E-state index contributed by atoms with van der Waals surface area (Å²) in [7, 11) is 0. The van der Waals surface area contributed by atoms with Gasteiger partial charge >= 0.3 is 0 Å². The highest BCUT2D eigenvalue weighted by atomic mass is 16.3. The minimum absolute atomic E-state index is 0.855. The monoisotopic (exact) mass is 702 g/mol. The minimum Gasteiger partial charge on any atom is -0.456 e. The second-order valence-electron chi connectivity index (χ2n) is 14.1. The molecule has 258 valence electrons. The van der Waals surface area contributed by atoms with Gasteiger partial charge in [-0.25, -0.2) is 0 Å². The van der Waals surface area contributed by atoms with Crippen LogP contribution in [0.2, 0.25) is 0 Å². The van der Waals surface area contributed by atoms with E-state index < -0.39 is 0 Å². The largest absolute Gasteiger partial charge is 0.456 e. The average molecular weight is 703 g/mol. The first-order valence-electron chi connectivity index (χ1n) is 18.8. The fourth-order valence-electron chi connectivity index (χ4n) is 8.52. The summed E-state index contributed by atoms with van der Waals surface area (Å²) in [5, 5.41) is 7.02. The van der Waals surface area contributed by atoms with Gasteiger partial charge in [-0.15, -0.1) is 0 Å². The van der Waals surface area contributed by atoms with Crippen molar-refractivity contribution in [2.75, 3.05) is 4.90 Å². The fraction of sp³-hybridized carbons (Fsp3) is 0. The zero-order valence-corrected chi connectivity index (χ0v) is 29.9. The van der Waals surface area contributed by atoms with Gasteiger partial charge in [0.2, 0.25) is 0 Å². The highest BCUT2D eigenvalue weighted by molar-refractivity contribution is 6.25. The Labute approximate surface area is 318 Å². The van der Waals surface area contributed by atoms with Gasteiger partial charge in [-0.05, 0) is 93.7 Å². The van der Waals surface area contributed by atoms with E-state index in [1.807, 2.05) is 0 Å². The number of anilines is 3. The zero-order valence-electron chi connectivity index (χ0n) is 29.9. The van der Waals surface area contributed by atoms with Gasteiger partial charge in [0.15, 0.2) is 0 Å². The van der Waals surface area contributed by atoms with Crippen molar-refractivity contribution in [3.05, 3.63) is 206 Å². The molecule has 0 aliphatic rings. The van der Waals surface area contributed by atoms with Crippen molar-refractivity contribution < 1.29 is 4.42 Å². The van der Waals surface area contributed by atoms with Crippen LogP contribution in [-0.4, -0.2) is 4.57 Å². The molecule has 0 amide bonds. The SMILES string of the molecule is c1ccc(-c2ccc(N(c3ccc4c5ccccc5n(-c5ccccc5)c4c3)c3cccc4oc5cc(-c6ccccc6)c6ccccc6c5c34)cc2)cc1. The molecule has 9 aromatic carbocycles. The Morgan fingerprint density at radius 3 is 1.73 bits per heavy atom. The third-order valence-electron chi connectivity index (χ3n) is 11.0. The summed E-state index contributed by atoms with van der Waals surface area (Å²) in [5.41, 5.74) is 13.1. The van der Waals surface area contributed by atoms with Crippen molar-refractivity contribution >= 4 is 71.6 Å². The van der Waals surface area contributed by atoms with E-state index in [1.165, 1.54) is 43.8 Å². The molecule has 0 bridgehead atoms. The Hall–Kier alpha value is -7.36. The summed E-state index contributed by atoms with van der Waals surface area (Å²) < 4.78 is 9.20. The van der Waals surface area contributed by atoms with E-state index >= 15 is 0 Å². The van der Waals surface area contributed by atoms with Crippen molar-refractivity contribution in [2.24, 2.45) is 0 Å². The van der Waals surface area contributed by atoms with E-state index in [0.717, 1.165) is 55.8 Å². The second kappa shape index (κ2) is 12.6. The second-order valence-corrected chi connectivity index (χ2v) is 14.1. The van der Waals surface area contributed by atoms with E-state index in [9.17, 15) is 0 Å². The van der Waals surface area contributed by atoms with Crippen LogP contribution in [0.1, 0.15) is 0 Å². The van der Waals surface area contributed by atoms with Gasteiger partial charge in [-0.1, -0.05) is 146 Å². The van der Waals surface area contributed by atoms with Gasteiger partial charge in [0.05, 0.1) is 22.1 Å². The van der Waals surface area contributed by atoms with Crippen LogP contribution in [0.15, 0.2) is 211 Å². The van der Waals surface area contributed by atoms with Crippen LogP contribution in [0, 0.1) is 0 Å². The molecule has 0 aliphatic heterocycles. The number of nitrogens with zero attached hydrogens (tertiary/aromatic N) is 2. The predicted octanol–water partition coefficient (Wildman–Crippen LogP) is 14.6. The molecule has 0 atom stereocenters. The lowest BCUT2D eigenvalue weighted by molar-refractivity contribution is 0.669. The smallest absolute Gasteiger partial charge is 0.137 e. The number of hydrogen-bond acceptors (Lipinski definition) is 2. The molecule has 2 heterocycles. The Kier molecular flexibility index (Phi) is 7.17. The highest BCUT2D eigenvalue weighted by Crippen LogP contribution is 2.47. The Bertz CT molecular complexity index is 3180. The number of hydrogen-bond donors (Lipinski definition) is 0. The molecule has 0 saturated heterocycles. The van der Waals surface area contributed by atoms with Gasteiger partial charge in [0.1, 0.15) is 11.2 Å². The van der Waals surface area contributed by atoms with Gasteiger partial charge in [0, 0.05) is 33.2 Å². The summed E-state index contributed by atoms with van der Waals surface area (Å²) in [5.74, 6) is 0. The number of furan rings is 1. The third kappa shape index (κ3) is 5.05. The van der Waals surface area contributed by atoms with Gasteiger partial charge in [-0.3, -0.25) is 0 Å². The molecule has 11 aromatic rings. The number of fused-ring (bicyclic) bond motifs is 8. The first-order valence-corrected chi connectivity index (χ1v) is 18.8. The van der Waals surface area contributed by atoms with E-state index in [0.29, 0.717) is 0 Å². The minimum atomic E-state index is 0.855. The van der Waals surface area contributed by atoms with Crippen LogP contribution in [0.3, 0.4) is 0 Å². The van der Waals surface area contributed by atoms with Gasteiger partial charge < -0.3 is 13.9 Å². The molecule has 0 unspecified atom stereocenters. The van der Waals surface area contributed by atoms with Gasteiger partial charge in [0.25, 0.3) is 0 Å². The average Bonchev–Trinajstić information content (AvgIpc) is 3.81. The first kappa shape index (κ1) is 31.2. The van der Waals surface area contributed by atoms with Crippen molar-refractivity contribution in [1.29, 1.82) is 0 Å². The Morgan fingerprint density at radius 2 is 0.964 bits per heavy atom. The number of rotatable bonds is 6. The molecular weight excluding hydrogens is 669 g/mol. The molecule has 55 heavy (non-hydrogen) atoms. The first-order chi connectivity index (χ1) is 27.3. The summed E-state index contributed by atoms with van der Waals surface area (Å²) in [6, 6.07) is 73.8. The molecule has 0 radical (unpaired) electrons. The van der Waals surface area contributed by atoms with E-state index in [4.69, 9.17) is 4.42 Å². The van der Waals surface area contributed by atoms with Crippen molar-refractivity contribution in [2.45, 2.75) is 0 Å². The molecular formula is C52H34N2O. The molecule has 3 heteroatoms. The van der Waals surface area contributed by atoms with Crippen molar-refractivity contribution in [3.63, 3.8) is 0 Å². The van der Waals surface area contributed by atoms with Crippen LogP contribution in [-0.2, 0) is 0 Å². The van der Waals surface area contributed by atoms with Crippen LogP contribution >= 0.6 is 0 Å². The highest BCUT2D eigenvalue weighted by Gasteiger charge is 2.23. The van der Waals surface area contributed by atoms with Crippen LogP contribution in [0.5, 0.6) is 0 Å². The lowest BCUT2D eigenvalue weighted by Gasteiger charge is -2.27. The molecule has 3 nitrogen and oxygen atoms in total. The summed E-state index contributed by atoms with van der Waals surface area (Å²) in [6.45, 7) is 0. The third-order valence-corrected chi connectivity index (χ3v) is 11.0. The maximum Gasteiger partial charge on any atom is 0.137 e. The van der Waals surface area contributed by atoms with Crippen LogP contribution in [0.4, 0.5) is 17.1 Å². The fourth-order valence-corrected chi connectivity index (χ4v) is 8.52. The molecule has 0 saturated carbocycles. The van der Waals surface area contributed by atoms with Crippen molar-refractivity contribution in [1.82, 2.24) is 4.57 Å². The molecule has 0 spiro atoms. The van der Waals surface area contributed by atoms with E-state index in [2.05, 4.69) is 216 Å². The predicted molar refractivity (Wildman–Crippen MR) is 231 cm³/mol. The topological polar surface area (TPSA) is 21.3 Å². The lowest BCUT2D eigenvalue weighted by Crippen LogP contribution is -2.10. The molecule has 0 fully saturated rings. The van der Waals surface area contributed by atoms with Gasteiger partial charge in [-0.2, -0.15) is 0 Å². The normalized spacial score (nSPS) is 11.6. The zero-order chi connectivity index (χ0) is 36.3. The molecule has 2 aromatic heterocycles. The van der Waals surface area contributed by atoms with E-state index in [-0.39, 0.29) is 0 Å². The molecule has 11 rings (SSSR count). The number of para-hydroxylation sites is 2. The summed E-state index contributed by atoms with van der Waals surface area (Å²) in [4.78, 5) is 2.40. The Balaban J connectivity index is 1.20. The summed E-state index contributed by atoms with van der Waals surface area (Å²) in [6.07, 6.45) is 0. The maximum atomic E-state index is 6.82. The van der Waals surface area contributed by atoms with Crippen LogP contribution in [0.25, 0.3) is 82.5 Å². The standard InChI is InChI=1S/C52H34N2O/c1-4-15-35(16-5-1)36-27-29-39(30-28-36)53(40-31-32-43-42-22-12-13-24-46(42)54(48(43)33-40)38-19-8-3-9-20-38)47-25-14-26-49-52(47)51-44-23-11-10-21-41(44)45(34-50(51)55-49)37-17-6-2-7-18-37/h1-34H. The van der Waals surface area contributed by atoms with Crippen LogP contribution < -0.4 is 4.90 Å². The van der Waals surface area contributed by atoms with E-state index in [1.54, 1.807) is 0 Å². The molecule has 0 N–H and O–H groups in total. The summed E-state index contributed by atoms with van der Waals surface area (Å²) >= 11 is 0. The molecule has 0 aliphatic carbocycles. The number of aromatic nitrogens is 1.